The van der Waals surface area contributed by atoms with E-state index in [4.69, 9.17) is 0 Å². The summed E-state index contributed by atoms with van der Waals surface area (Å²) in [5, 5.41) is 12.5. The van der Waals surface area contributed by atoms with Crippen molar-refractivity contribution >= 4 is 17.4 Å². The molecule has 0 spiro atoms. The van der Waals surface area contributed by atoms with Crippen LogP contribution in [0.25, 0.3) is 0 Å². The van der Waals surface area contributed by atoms with Gasteiger partial charge in [-0.05, 0) is 29.8 Å². The summed E-state index contributed by atoms with van der Waals surface area (Å²) in [5.74, 6) is -3.48. The number of aromatic nitrogens is 2. The number of hydrogen-bond acceptors (Lipinski definition) is 4. The summed E-state index contributed by atoms with van der Waals surface area (Å²) >= 11 is 0. The fourth-order valence-corrected chi connectivity index (χ4v) is 3.62. The number of carbonyl (C=O) groups excluding carboxylic acids is 1. The van der Waals surface area contributed by atoms with E-state index in [0.717, 1.165) is 12.1 Å². The minimum absolute atomic E-state index is 0.0914. The Bertz CT molecular complexity index is 1090. The summed E-state index contributed by atoms with van der Waals surface area (Å²) in [4.78, 5) is 29.3. The number of Topliss-reactive ketones (excluding diaryl/α,β-unsaturated/α-hetero) is 1. The topological polar surface area (TPSA) is 84.2 Å². The lowest BCUT2D eigenvalue weighted by Gasteiger charge is -2.34. The third-order valence-electron chi connectivity index (χ3n) is 4.87. The average molecular weight is 383 g/mol. The van der Waals surface area contributed by atoms with Gasteiger partial charge in [0, 0.05) is 25.1 Å². The number of hydrogen-bond donors (Lipinski definition) is 2. The predicted octanol–water partition coefficient (Wildman–Crippen LogP) is 3.53. The second kappa shape index (κ2) is 6.56. The zero-order valence-electron chi connectivity index (χ0n) is 14.7. The van der Waals surface area contributed by atoms with Crippen molar-refractivity contribution in [3.63, 3.8) is 0 Å². The van der Waals surface area contributed by atoms with E-state index < -0.39 is 40.9 Å². The molecule has 0 bridgehead atoms. The van der Waals surface area contributed by atoms with Gasteiger partial charge in [0.25, 0.3) is 0 Å². The van der Waals surface area contributed by atoms with Gasteiger partial charge in [-0.25, -0.2) is 18.6 Å². The summed E-state index contributed by atoms with van der Waals surface area (Å²) in [7, 11) is 1.75. The maximum atomic E-state index is 14.0. The normalized spacial score (nSPS) is 18.5. The number of carbonyl (C=O) groups is 2. The molecule has 1 aliphatic heterocycles. The first kappa shape index (κ1) is 17.8. The Labute approximate surface area is 158 Å². The second-order valence-electron chi connectivity index (χ2n) is 6.59. The molecule has 1 aliphatic rings. The number of aryl methyl sites for hydroxylation is 1. The zero-order chi connectivity index (χ0) is 20.0. The van der Waals surface area contributed by atoms with Gasteiger partial charge in [-0.2, -0.15) is 0 Å². The Morgan fingerprint density at radius 3 is 2.50 bits per heavy atom. The molecule has 4 rings (SSSR count). The van der Waals surface area contributed by atoms with Crippen LogP contribution in [0.5, 0.6) is 0 Å². The van der Waals surface area contributed by atoms with Crippen LogP contribution in [0.15, 0.2) is 48.8 Å². The Hall–Kier alpha value is -3.55. The molecule has 2 unspecified atom stereocenters. The molecule has 2 aromatic carbocycles. The first-order valence-corrected chi connectivity index (χ1v) is 8.47. The second-order valence-corrected chi connectivity index (χ2v) is 6.59. The molecule has 8 heteroatoms. The molecule has 0 amide bonds. The van der Waals surface area contributed by atoms with E-state index in [1.165, 1.54) is 24.3 Å². The minimum Gasteiger partial charge on any atom is -0.478 e. The molecule has 1 aromatic heterocycles. The third kappa shape index (κ3) is 2.83. The average Bonchev–Trinajstić information content (AvgIpc) is 3.07. The van der Waals surface area contributed by atoms with E-state index in [0.29, 0.717) is 11.4 Å². The van der Waals surface area contributed by atoms with Crippen molar-refractivity contribution in [3.05, 3.63) is 82.9 Å². The van der Waals surface area contributed by atoms with Crippen molar-refractivity contribution in [1.82, 2.24) is 9.55 Å². The van der Waals surface area contributed by atoms with Gasteiger partial charge in [0.15, 0.2) is 5.78 Å². The number of halogens is 2. The number of carboxylic acid groups (broad SMARTS) is 1. The predicted molar refractivity (Wildman–Crippen MR) is 96.4 cm³/mol. The molecule has 0 saturated carbocycles. The standard InChI is InChI=1S/C20H15F2N3O3/c1-25-7-6-23-19(25)17-15(10-2-4-11(21)5-3-10)18(26)16-13(20(27)28)8-12(22)9-14(16)24-17/h2-9,15,17,24H,1H3,(H,27,28). The van der Waals surface area contributed by atoms with E-state index in [-0.39, 0.29) is 11.3 Å². The highest BCUT2D eigenvalue weighted by Crippen LogP contribution is 2.43. The van der Waals surface area contributed by atoms with Crippen LogP contribution in [0.4, 0.5) is 14.5 Å². The molecule has 6 nitrogen and oxygen atoms in total. The van der Waals surface area contributed by atoms with Crippen LogP contribution in [-0.4, -0.2) is 26.4 Å². The number of imidazole rings is 1. The van der Waals surface area contributed by atoms with Gasteiger partial charge >= 0.3 is 5.97 Å². The summed E-state index contributed by atoms with van der Waals surface area (Å²) < 4.78 is 29.1. The first-order chi connectivity index (χ1) is 13.4. The van der Waals surface area contributed by atoms with Gasteiger partial charge in [-0.15, -0.1) is 0 Å². The van der Waals surface area contributed by atoms with Crippen LogP contribution < -0.4 is 5.32 Å². The lowest BCUT2D eigenvalue weighted by molar-refractivity contribution is 0.0690. The number of anilines is 1. The molecule has 2 heterocycles. The summed E-state index contributed by atoms with van der Waals surface area (Å²) in [6.45, 7) is 0. The number of ketones is 1. The number of carboxylic acids is 1. The maximum absolute atomic E-state index is 14.0. The van der Waals surface area contributed by atoms with Crippen molar-refractivity contribution in [2.24, 2.45) is 7.05 Å². The van der Waals surface area contributed by atoms with E-state index in [1.54, 1.807) is 24.0 Å². The molecule has 0 saturated heterocycles. The van der Waals surface area contributed by atoms with Gasteiger partial charge in [0.1, 0.15) is 17.5 Å². The molecule has 0 fully saturated rings. The lowest BCUT2D eigenvalue weighted by Crippen LogP contribution is -2.34. The molecule has 2 N–H and O–H groups in total. The molecular weight excluding hydrogens is 368 g/mol. The summed E-state index contributed by atoms with van der Waals surface area (Å²) in [6.07, 6.45) is 3.26. The van der Waals surface area contributed by atoms with Crippen molar-refractivity contribution < 1.29 is 23.5 Å². The van der Waals surface area contributed by atoms with Crippen LogP contribution in [0.1, 0.15) is 44.1 Å². The Kier molecular flexibility index (Phi) is 4.18. The van der Waals surface area contributed by atoms with Crippen LogP contribution in [0, 0.1) is 11.6 Å². The highest BCUT2D eigenvalue weighted by atomic mass is 19.1. The number of benzene rings is 2. The molecule has 3 aromatic rings. The van der Waals surface area contributed by atoms with E-state index in [1.807, 2.05) is 0 Å². The number of aromatic carboxylic acids is 1. The Morgan fingerprint density at radius 2 is 1.89 bits per heavy atom. The maximum Gasteiger partial charge on any atom is 0.336 e. The number of nitrogens with one attached hydrogen (secondary N) is 1. The van der Waals surface area contributed by atoms with Crippen LogP contribution in [-0.2, 0) is 7.05 Å². The molecule has 28 heavy (non-hydrogen) atoms. The quantitative estimate of drug-likeness (QED) is 0.723. The van der Waals surface area contributed by atoms with Gasteiger partial charge < -0.3 is 15.0 Å². The van der Waals surface area contributed by atoms with Crippen LogP contribution >= 0.6 is 0 Å². The monoisotopic (exact) mass is 383 g/mol. The van der Waals surface area contributed by atoms with Crippen LogP contribution in [0.2, 0.25) is 0 Å². The van der Waals surface area contributed by atoms with Gasteiger partial charge in [-0.1, -0.05) is 12.1 Å². The molecule has 142 valence electrons. The number of fused-ring (bicyclic) bond motifs is 1. The Balaban J connectivity index is 1.94. The van der Waals surface area contributed by atoms with Crippen molar-refractivity contribution in [2.75, 3.05) is 5.32 Å². The third-order valence-corrected chi connectivity index (χ3v) is 4.87. The van der Waals surface area contributed by atoms with Crippen LogP contribution in [0.3, 0.4) is 0 Å². The van der Waals surface area contributed by atoms with Gasteiger partial charge in [0.05, 0.1) is 23.1 Å². The van der Waals surface area contributed by atoms with Gasteiger partial charge in [0.2, 0.25) is 0 Å². The van der Waals surface area contributed by atoms with Crippen molar-refractivity contribution in [3.8, 4) is 0 Å². The molecule has 0 radical (unpaired) electrons. The number of rotatable bonds is 3. The fraction of sp³-hybridized carbons (Fsp3) is 0.150. The van der Waals surface area contributed by atoms with Gasteiger partial charge in [-0.3, -0.25) is 4.79 Å². The zero-order valence-corrected chi connectivity index (χ0v) is 14.7. The lowest BCUT2D eigenvalue weighted by atomic mass is 9.79. The Morgan fingerprint density at radius 1 is 1.18 bits per heavy atom. The van der Waals surface area contributed by atoms with E-state index >= 15 is 0 Å². The summed E-state index contributed by atoms with van der Waals surface area (Å²) in [5.41, 5.74) is 0.0681. The van der Waals surface area contributed by atoms with Crippen molar-refractivity contribution in [2.45, 2.75) is 12.0 Å². The first-order valence-electron chi connectivity index (χ1n) is 8.47. The smallest absolute Gasteiger partial charge is 0.336 e. The minimum atomic E-state index is -1.40. The molecule has 2 atom stereocenters. The van der Waals surface area contributed by atoms with Crippen molar-refractivity contribution in [1.29, 1.82) is 0 Å². The highest BCUT2D eigenvalue weighted by molar-refractivity contribution is 6.14. The molecule has 0 aliphatic carbocycles. The number of nitrogens with zero attached hydrogens (tertiary/aromatic N) is 2. The SMILES string of the molecule is Cn1ccnc1C1Nc2cc(F)cc(C(=O)O)c2C(=O)C1c1ccc(F)cc1. The summed E-state index contributed by atoms with van der Waals surface area (Å²) in [6, 6.07) is 6.65. The molecular formula is C20H15F2N3O3. The fourth-order valence-electron chi connectivity index (χ4n) is 3.62. The highest BCUT2D eigenvalue weighted by Gasteiger charge is 2.41. The largest absolute Gasteiger partial charge is 0.478 e. The van der Waals surface area contributed by atoms with E-state index in [9.17, 15) is 23.5 Å². The van der Waals surface area contributed by atoms with E-state index in [2.05, 4.69) is 10.3 Å².